The number of fused-ring (bicyclic) bond motifs is 1. The van der Waals surface area contributed by atoms with Gasteiger partial charge in [-0.15, -0.1) is 5.10 Å². The zero-order chi connectivity index (χ0) is 17.6. The van der Waals surface area contributed by atoms with Gasteiger partial charge in [0.05, 0.1) is 22.5 Å². The molecule has 1 aromatic carbocycles. The van der Waals surface area contributed by atoms with Crippen molar-refractivity contribution in [2.24, 2.45) is 0 Å². The largest absolute Gasteiger partial charge is 0.351 e. The minimum atomic E-state index is 0.718. The monoisotopic (exact) mass is 356 g/mol. The molecule has 1 aliphatic heterocycles. The van der Waals surface area contributed by atoms with Gasteiger partial charge in [-0.25, -0.2) is 4.68 Å². The number of rotatable bonds is 2. The van der Waals surface area contributed by atoms with E-state index in [1.165, 1.54) is 0 Å². The second-order valence-electron chi connectivity index (χ2n) is 6.60. The summed E-state index contributed by atoms with van der Waals surface area (Å²) in [5.74, 6) is 0.879. The molecule has 6 nitrogen and oxygen atoms in total. The van der Waals surface area contributed by atoms with Gasteiger partial charge >= 0.3 is 0 Å². The van der Waals surface area contributed by atoms with Crippen molar-refractivity contribution in [1.82, 2.24) is 24.9 Å². The van der Waals surface area contributed by atoms with Gasteiger partial charge in [-0.1, -0.05) is 11.6 Å². The van der Waals surface area contributed by atoms with Gasteiger partial charge in [-0.05, 0) is 45.2 Å². The number of hydrogen-bond acceptors (Lipinski definition) is 5. The van der Waals surface area contributed by atoms with Crippen LogP contribution in [0.25, 0.3) is 16.6 Å². The molecule has 3 aromatic rings. The molecule has 1 fully saturated rings. The standard InChI is InChI=1S/C18H21ClN6/c1-12-16-13(2)25(15-6-4-14(19)5-7-15)22-17(16)18(21-20-12)24-10-8-23(3)9-11-24/h4-7H,8-11H2,1-3H3. The van der Waals surface area contributed by atoms with E-state index < -0.39 is 0 Å². The lowest BCUT2D eigenvalue weighted by atomic mass is 10.2. The van der Waals surface area contributed by atoms with Gasteiger partial charge in [0, 0.05) is 31.2 Å². The topological polar surface area (TPSA) is 50.1 Å². The predicted octanol–water partition coefficient (Wildman–Crippen LogP) is 2.84. The number of halogens is 1. The first-order valence-corrected chi connectivity index (χ1v) is 8.84. The lowest BCUT2D eigenvalue weighted by molar-refractivity contribution is 0.312. The number of aromatic nitrogens is 4. The summed E-state index contributed by atoms with van der Waals surface area (Å²) < 4.78 is 1.96. The van der Waals surface area contributed by atoms with E-state index in [2.05, 4.69) is 34.0 Å². The Labute approximate surface area is 152 Å². The zero-order valence-electron chi connectivity index (χ0n) is 14.7. The molecule has 0 N–H and O–H groups in total. The van der Waals surface area contributed by atoms with Crippen LogP contribution in [0, 0.1) is 13.8 Å². The summed E-state index contributed by atoms with van der Waals surface area (Å²) in [6.45, 7) is 7.99. The molecule has 0 spiro atoms. The Balaban J connectivity index is 1.85. The van der Waals surface area contributed by atoms with Gasteiger partial charge in [0.15, 0.2) is 5.82 Å². The van der Waals surface area contributed by atoms with Crippen LogP contribution in [-0.2, 0) is 0 Å². The number of nitrogens with zero attached hydrogens (tertiary/aromatic N) is 6. The van der Waals surface area contributed by atoms with Crippen LogP contribution in [-0.4, -0.2) is 58.1 Å². The van der Waals surface area contributed by atoms with Gasteiger partial charge in [0.1, 0.15) is 5.52 Å². The SMILES string of the molecule is Cc1nnc(N2CCN(C)CC2)c2nn(-c3ccc(Cl)cc3)c(C)c12. The lowest BCUT2D eigenvalue weighted by Gasteiger charge is -2.32. The summed E-state index contributed by atoms with van der Waals surface area (Å²) in [6.07, 6.45) is 0. The van der Waals surface area contributed by atoms with E-state index in [0.717, 1.165) is 65.0 Å². The smallest absolute Gasteiger partial charge is 0.179 e. The van der Waals surface area contributed by atoms with Crippen LogP contribution < -0.4 is 4.90 Å². The third kappa shape index (κ3) is 2.85. The van der Waals surface area contributed by atoms with E-state index in [1.807, 2.05) is 35.9 Å². The summed E-state index contributed by atoms with van der Waals surface area (Å²) in [4.78, 5) is 4.61. The molecule has 3 heterocycles. The second kappa shape index (κ2) is 6.28. The molecule has 1 saturated heterocycles. The van der Waals surface area contributed by atoms with Crippen LogP contribution in [0.15, 0.2) is 24.3 Å². The van der Waals surface area contributed by atoms with E-state index in [9.17, 15) is 0 Å². The number of anilines is 1. The van der Waals surface area contributed by atoms with Gasteiger partial charge < -0.3 is 9.80 Å². The van der Waals surface area contributed by atoms with Crippen molar-refractivity contribution in [3.8, 4) is 5.69 Å². The molecule has 0 radical (unpaired) electrons. The zero-order valence-corrected chi connectivity index (χ0v) is 15.5. The Hall–Kier alpha value is -2.18. The molecule has 0 bridgehead atoms. The third-order valence-corrected chi connectivity index (χ3v) is 5.11. The molecule has 0 aliphatic carbocycles. The first-order chi connectivity index (χ1) is 12.0. The van der Waals surface area contributed by atoms with E-state index in [1.54, 1.807) is 0 Å². The Morgan fingerprint density at radius 3 is 2.32 bits per heavy atom. The molecular weight excluding hydrogens is 336 g/mol. The van der Waals surface area contributed by atoms with Crippen LogP contribution in [0.3, 0.4) is 0 Å². The maximum atomic E-state index is 6.02. The molecular formula is C18H21ClN6. The fraction of sp³-hybridized carbons (Fsp3) is 0.389. The minimum Gasteiger partial charge on any atom is -0.351 e. The summed E-state index contributed by atoms with van der Waals surface area (Å²) >= 11 is 6.02. The first-order valence-electron chi connectivity index (χ1n) is 8.46. The number of benzene rings is 1. The van der Waals surface area contributed by atoms with Gasteiger partial charge in [0.2, 0.25) is 0 Å². The molecule has 2 aromatic heterocycles. The van der Waals surface area contributed by atoms with E-state index in [4.69, 9.17) is 16.7 Å². The quantitative estimate of drug-likeness (QED) is 0.706. The highest BCUT2D eigenvalue weighted by Gasteiger charge is 2.23. The number of hydrogen-bond donors (Lipinski definition) is 0. The van der Waals surface area contributed by atoms with Crippen molar-refractivity contribution in [3.05, 3.63) is 40.7 Å². The molecule has 0 atom stereocenters. The maximum absolute atomic E-state index is 6.02. The fourth-order valence-corrected chi connectivity index (χ4v) is 3.50. The van der Waals surface area contributed by atoms with Gasteiger partial charge in [-0.3, -0.25) is 0 Å². The van der Waals surface area contributed by atoms with Crippen LogP contribution in [0.1, 0.15) is 11.4 Å². The van der Waals surface area contributed by atoms with Gasteiger partial charge in [0.25, 0.3) is 0 Å². The van der Waals surface area contributed by atoms with Crippen molar-refractivity contribution in [2.75, 3.05) is 38.1 Å². The van der Waals surface area contributed by atoms with E-state index in [-0.39, 0.29) is 0 Å². The Morgan fingerprint density at radius 1 is 0.960 bits per heavy atom. The first kappa shape index (κ1) is 16.3. The molecule has 7 heteroatoms. The molecule has 25 heavy (non-hydrogen) atoms. The van der Waals surface area contributed by atoms with E-state index in [0.29, 0.717) is 0 Å². The summed E-state index contributed by atoms with van der Waals surface area (Å²) in [6, 6.07) is 7.72. The lowest BCUT2D eigenvalue weighted by Crippen LogP contribution is -2.45. The number of piperazine rings is 1. The molecule has 1 aliphatic rings. The highest BCUT2D eigenvalue weighted by molar-refractivity contribution is 6.30. The Morgan fingerprint density at radius 2 is 1.64 bits per heavy atom. The predicted molar refractivity (Wildman–Crippen MR) is 101 cm³/mol. The van der Waals surface area contributed by atoms with Crippen LogP contribution >= 0.6 is 11.6 Å². The minimum absolute atomic E-state index is 0.718. The molecule has 0 saturated carbocycles. The molecule has 0 unspecified atom stereocenters. The number of aryl methyl sites for hydroxylation is 2. The average Bonchev–Trinajstić information content (AvgIpc) is 2.95. The molecule has 4 rings (SSSR count). The summed E-state index contributed by atoms with van der Waals surface area (Å²) in [7, 11) is 2.15. The highest BCUT2D eigenvalue weighted by atomic mass is 35.5. The van der Waals surface area contributed by atoms with Crippen molar-refractivity contribution >= 4 is 28.3 Å². The third-order valence-electron chi connectivity index (χ3n) is 4.86. The summed E-state index contributed by atoms with van der Waals surface area (Å²) in [5.41, 5.74) is 3.89. The molecule has 130 valence electrons. The highest BCUT2D eigenvalue weighted by Crippen LogP contribution is 2.29. The second-order valence-corrected chi connectivity index (χ2v) is 7.03. The van der Waals surface area contributed by atoms with Crippen molar-refractivity contribution < 1.29 is 0 Å². The van der Waals surface area contributed by atoms with Crippen LogP contribution in [0.5, 0.6) is 0 Å². The van der Waals surface area contributed by atoms with Gasteiger partial charge in [-0.2, -0.15) is 10.2 Å². The summed E-state index contributed by atoms with van der Waals surface area (Å²) in [5, 5.41) is 15.6. The Bertz CT molecular complexity index is 909. The normalized spacial score (nSPS) is 15.9. The average molecular weight is 357 g/mol. The fourth-order valence-electron chi connectivity index (χ4n) is 3.38. The van der Waals surface area contributed by atoms with Crippen molar-refractivity contribution in [3.63, 3.8) is 0 Å². The van der Waals surface area contributed by atoms with Crippen molar-refractivity contribution in [2.45, 2.75) is 13.8 Å². The van der Waals surface area contributed by atoms with E-state index >= 15 is 0 Å². The maximum Gasteiger partial charge on any atom is 0.179 e. The van der Waals surface area contributed by atoms with Crippen LogP contribution in [0.4, 0.5) is 5.82 Å². The molecule has 0 amide bonds. The van der Waals surface area contributed by atoms with Crippen molar-refractivity contribution in [1.29, 1.82) is 0 Å². The van der Waals surface area contributed by atoms with Crippen LogP contribution in [0.2, 0.25) is 5.02 Å². The Kier molecular flexibility index (Phi) is 4.09. The number of likely N-dealkylation sites (N-methyl/N-ethyl adjacent to an activating group) is 1.